The molecule has 28 heavy (non-hydrogen) atoms. The number of fused-ring (bicyclic) bond motifs is 4. The van der Waals surface area contributed by atoms with Crippen molar-refractivity contribution in [2.45, 2.75) is 43.9 Å². The van der Waals surface area contributed by atoms with E-state index in [9.17, 15) is 14.4 Å². The van der Waals surface area contributed by atoms with Crippen LogP contribution in [0.15, 0.2) is 42.6 Å². The molecule has 1 heterocycles. The van der Waals surface area contributed by atoms with Crippen molar-refractivity contribution in [1.82, 2.24) is 9.78 Å². The van der Waals surface area contributed by atoms with Crippen LogP contribution >= 0.6 is 0 Å². The van der Waals surface area contributed by atoms with Crippen molar-refractivity contribution in [3.05, 3.63) is 59.5 Å². The molecule has 0 saturated heterocycles. The van der Waals surface area contributed by atoms with Crippen molar-refractivity contribution in [3.63, 3.8) is 0 Å². The van der Waals surface area contributed by atoms with E-state index in [2.05, 4.69) is 23.3 Å². The van der Waals surface area contributed by atoms with Gasteiger partial charge in [-0.15, -0.1) is 0 Å². The third-order valence-corrected chi connectivity index (χ3v) is 6.51. The quantitative estimate of drug-likeness (QED) is 0.625. The predicted octanol–water partition coefficient (Wildman–Crippen LogP) is 4.63. The summed E-state index contributed by atoms with van der Waals surface area (Å²) in [6.07, 6.45) is 6.19. The number of halogens is 1. The van der Waals surface area contributed by atoms with E-state index in [-0.39, 0.29) is 17.5 Å². The number of Topliss-reactive ketones (excluding diaryl/α,β-unsaturated/α-hetero) is 1. The van der Waals surface area contributed by atoms with Crippen LogP contribution < -0.4 is 0 Å². The van der Waals surface area contributed by atoms with E-state index < -0.39 is 5.41 Å². The SMILES string of the molecule is N#C[C@]12CCC(=O)C[C@@H]1CCCc1cc3c(cnn3-c3ccc(F)cc3)cc12. The zero-order valence-corrected chi connectivity index (χ0v) is 15.5. The van der Waals surface area contributed by atoms with Gasteiger partial charge in [-0.2, -0.15) is 10.4 Å². The lowest BCUT2D eigenvalue weighted by Gasteiger charge is -2.38. The molecule has 1 aromatic heterocycles. The summed E-state index contributed by atoms with van der Waals surface area (Å²) in [7, 11) is 0. The molecule has 0 amide bonds. The molecule has 2 aromatic carbocycles. The van der Waals surface area contributed by atoms with Gasteiger partial charge in [-0.3, -0.25) is 4.79 Å². The molecule has 0 radical (unpaired) electrons. The summed E-state index contributed by atoms with van der Waals surface area (Å²) in [4.78, 5) is 12.0. The molecule has 2 aliphatic rings. The van der Waals surface area contributed by atoms with Gasteiger partial charge in [-0.1, -0.05) is 0 Å². The summed E-state index contributed by atoms with van der Waals surface area (Å²) < 4.78 is 15.1. The standard InChI is InChI=1S/C23H20FN3O/c24-18-4-6-19(7-5-18)27-22-11-15-2-1-3-17-12-20(28)8-9-23(17,14-25)21(15)10-16(22)13-26-27/h4-7,10-11,13,17H,1-3,8-9,12H2/t17-,23+/m0/s1. The number of nitriles is 1. The van der Waals surface area contributed by atoms with Gasteiger partial charge in [-0.25, -0.2) is 9.07 Å². The first kappa shape index (κ1) is 17.1. The zero-order valence-electron chi connectivity index (χ0n) is 15.5. The van der Waals surface area contributed by atoms with Gasteiger partial charge in [0.15, 0.2) is 0 Å². The maximum Gasteiger partial charge on any atom is 0.133 e. The minimum absolute atomic E-state index is 0.101. The molecule has 0 unspecified atom stereocenters. The predicted molar refractivity (Wildman–Crippen MR) is 104 cm³/mol. The summed E-state index contributed by atoms with van der Waals surface area (Å²) in [5.74, 6) is 0.108. The summed E-state index contributed by atoms with van der Waals surface area (Å²) in [5, 5.41) is 15.7. The zero-order chi connectivity index (χ0) is 19.3. The molecule has 0 spiro atoms. The molecule has 5 rings (SSSR count). The summed E-state index contributed by atoms with van der Waals surface area (Å²) in [6.45, 7) is 0. The Labute approximate surface area is 162 Å². The molecule has 0 aliphatic heterocycles. The minimum Gasteiger partial charge on any atom is -0.300 e. The number of hydrogen-bond acceptors (Lipinski definition) is 3. The van der Waals surface area contributed by atoms with Crippen molar-refractivity contribution in [2.24, 2.45) is 5.92 Å². The molecular formula is C23H20FN3O. The Morgan fingerprint density at radius 3 is 2.82 bits per heavy atom. The van der Waals surface area contributed by atoms with Gasteiger partial charge in [0.2, 0.25) is 0 Å². The van der Waals surface area contributed by atoms with Crippen molar-refractivity contribution in [2.75, 3.05) is 0 Å². The molecule has 4 nitrogen and oxygen atoms in total. The Bertz CT molecular complexity index is 1130. The fourth-order valence-electron chi connectivity index (χ4n) is 5.07. The highest BCUT2D eigenvalue weighted by Crippen LogP contribution is 2.48. The maximum absolute atomic E-state index is 13.3. The van der Waals surface area contributed by atoms with E-state index in [1.165, 1.54) is 17.7 Å². The number of benzene rings is 2. The molecule has 0 N–H and O–H groups in total. The van der Waals surface area contributed by atoms with Gasteiger partial charge < -0.3 is 0 Å². The van der Waals surface area contributed by atoms with Crippen LogP contribution in [0.3, 0.4) is 0 Å². The Balaban J connectivity index is 1.69. The monoisotopic (exact) mass is 373 g/mol. The fourth-order valence-corrected chi connectivity index (χ4v) is 5.07. The number of aromatic nitrogens is 2. The van der Waals surface area contributed by atoms with Crippen LogP contribution in [0.1, 0.15) is 43.2 Å². The fraction of sp³-hybridized carbons (Fsp3) is 0.348. The van der Waals surface area contributed by atoms with E-state index >= 15 is 0 Å². The number of rotatable bonds is 1. The smallest absolute Gasteiger partial charge is 0.133 e. The first-order chi connectivity index (χ1) is 13.6. The molecule has 3 aromatic rings. The van der Waals surface area contributed by atoms with Crippen LogP contribution in [-0.4, -0.2) is 15.6 Å². The summed E-state index contributed by atoms with van der Waals surface area (Å²) >= 11 is 0. The minimum atomic E-state index is -0.577. The highest BCUT2D eigenvalue weighted by molar-refractivity contribution is 5.84. The maximum atomic E-state index is 13.3. The average molecular weight is 373 g/mol. The van der Waals surface area contributed by atoms with Crippen LogP contribution in [-0.2, 0) is 16.6 Å². The van der Waals surface area contributed by atoms with Gasteiger partial charge >= 0.3 is 0 Å². The molecule has 2 aliphatic carbocycles. The van der Waals surface area contributed by atoms with Crippen molar-refractivity contribution in [1.29, 1.82) is 5.26 Å². The first-order valence-corrected chi connectivity index (χ1v) is 9.81. The molecule has 0 bridgehead atoms. The van der Waals surface area contributed by atoms with Crippen LogP contribution in [0.4, 0.5) is 4.39 Å². The van der Waals surface area contributed by atoms with Gasteiger partial charge in [0, 0.05) is 18.2 Å². The Hall–Kier alpha value is -3.00. The molecule has 1 saturated carbocycles. The topological polar surface area (TPSA) is 58.7 Å². The van der Waals surface area contributed by atoms with Gasteiger partial charge in [0.1, 0.15) is 11.6 Å². The summed E-state index contributed by atoms with van der Waals surface area (Å²) in [6, 6.07) is 13.2. The highest BCUT2D eigenvalue weighted by Gasteiger charge is 2.47. The van der Waals surface area contributed by atoms with Gasteiger partial charge in [0.05, 0.1) is 28.9 Å². The van der Waals surface area contributed by atoms with Crippen molar-refractivity contribution < 1.29 is 9.18 Å². The second kappa shape index (κ2) is 6.27. The first-order valence-electron chi connectivity index (χ1n) is 9.81. The number of nitrogens with zero attached hydrogens (tertiary/aromatic N) is 3. The lowest BCUT2D eigenvalue weighted by Crippen LogP contribution is -2.39. The molecule has 1 fully saturated rings. The van der Waals surface area contributed by atoms with Crippen LogP contribution in [0.2, 0.25) is 0 Å². The van der Waals surface area contributed by atoms with Crippen LogP contribution in [0, 0.1) is 23.1 Å². The van der Waals surface area contributed by atoms with Crippen LogP contribution in [0.25, 0.3) is 16.6 Å². The molecule has 140 valence electrons. The number of carbonyl (C=O) groups excluding carboxylic acids is 1. The Kier molecular flexibility index (Phi) is 3.83. The second-order valence-electron chi connectivity index (χ2n) is 8.02. The number of hydrogen-bond donors (Lipinski definition) is 0. The second-order valence-corrected chi connectivity index (χ2v) is 8.02. The number of aryl methyl sites for hydroxylation is 1. The van der Waals surface area contributed by atoms with Gasteiger partial charge in [-0.05, 0) is 79.1 Å². The largest absolute Gasteiger partial charge is 0.300 e. The molecule has 2 atom stereocenters. The normalized spacial score (nSPS) is 24.3. The van der Waals surface area contributed by atoms with Gasteiger partial charge in [0.25, 0.3) is 0 Å². The Morgan fingerprint density at radius 2 is 2.04 bits per heavy atom. The Morgan fingerprint density at radius 1 is 1.21 bits per heavy atom. The highest BCUT2D eigenvalue weighted by atomic mass is 19.1. The molecule has 5 heteroatoms. The number of ketones is 1. The third-order valence-electron chi connectivity index (χ3n) is 6.51. The average Bonchev–Trinajstić information content (AvgIpc) is 3.04. The number of carbonyl (C=O) groups is 1. The third kappa shape index (κ3) is 2.48. The van der Waals surface area contributed by atoms with E-state index in [1.54, 1.807) is 18.3 Å². The van der Waals surface area contributed by atoms with Crippen LogP contribution in [0.5, 0.6) is 0 Å². The summed E-state index contributed by atoms with van der Waals surface area (Å²) in [5.41, 5.74) is 3.45. The van der Waals surface area contributed by atoms with E-state index in [1.807, 2.05) is 4.68 Å². The lowest BCUT2D eigenvalue weighted by atomic mass is 9.62. The molecular weight excluding hydrogens is 353 g/mol. The van der Waals surface area contributed by atoms with Crippen molar-refractivity contribution >= 4 is 16.7 Å². The van der Waals surface area contributed by atoms with E-state index in [0.29, 0.717) is 19.3 Å². The van der Waals surface area contributed by atoms with Crippen molar-refractivity contribution in [3.8, 4) is 11.8 Å². The van der Waals surface area contributed by atoms with E-state index in [0.717, 1.165) is 41.4 Å². The van der Waals surface area contributed by atoms with E-state index in [4.69, 9.17) is 0 Å². The lowest BCUT2D eigenvalue weighted by molar-refractivity contribution is -0.122.